The zero-order valence-corrected chi connectivity index (χ0v) is 16.1. The third kappa shape index (κ3) is 5.51. The largest absolute Gasteiger partial charge is 0.490 e. The summed E-state index contributed by atoms with van der Waals surface area (Å²) in [7, 11) is 0. The summed E-state index contributed by atoms with van der Waals surface area (Å²) >= 11 is 6.05. The highest BCUT2D eigenvalue weighted by Crippen LogP contribution is 2.23. The highest BCUT2D eigenvalue weighted by molar-refractivity contribution is 6.32. The maximum atomic E-state index is 9.26. The van der Waals surface area contributed by atoms with Gasteiger partial charge in [-0.1, -0.05) is 23.7 Å². The van der Waals surface area contributed by atoms with Gasteiger partial charge >= 0.3 is 0 Å². The van der Waals surface area contributed by atoms with Crippen LogP contribution in [0.3, 0.4) is 0 Å². The number of aromatic amines is 1. The van der Waals surface area contributed by atoms with Crippen molar-refractivity contribution < 1.29 is 4.74 Å². The molecule has 2 aromatic heterocycles. The van der Waals surface area contributed by atoms with Gasteiger partial charge in [-0.15, -0.1) is 12.4 Å². The predicted octanol–water partition coefficient (Wildman–Crippen LogP) is 4.29. The van der Waals surface area contributed by atoms with E-state index in [4.69, 9.17) is 16.3 Å². The van der Waals surface area contributed by atoms with E-state index in [-0.39, 0.29) is 12.4 Å². The molecule has 3 rings (SSSR count). The van der Waals surface area contributed by atoms with E-state index >= 15 is 0 Å². The Morgan fingerprint density at radius 2 is 2.04 bits per heavy atom. The molecule has 9 heteroatoms. The number of pyridine rings is 1. The van der Waals surface area contributed by atoms with Gasteiger partial charge in [0, 0.05) is 11.8 Å². The van der Waals surface area contributed by atoms with Crippen molar-refractivity contribution in [3.8, 4) is 11.8 Å². The van der Waals surface area contributed by atoms with Crippen LogP contribution in [0.2, 0.25) is 5.02 Å². The lowest BCUT2D eigenvalue weighted by molar-refractivity contribution is 0.333. The quantitative estimate of drug-likeness (QED) is 0.507. The molecule has 0 saturated heterocycles. The van der Waals surface area contributed by atoms with Crippen molar-refractivity contribution in [3.05, 3.63) is 58.7 Å². The Morgan fingerprint density at radius 1 is 1.22 bits per heavy atom. The molecule has 0 bridgehead atoms. The van der Waals surface area contributed by atoms with E-state index in [2.05, 4.69) is 31.9 Å². The van der Waals surface area contributed by atoms with Crippen LogP contribution in [0, 0.1) is 18.3 Å². The standard InChI is InChI=1S/C18H17ClN6O.ClH/c1-12-10-17(25-24-12)22-16-7-6-13(11-20)18(23-16)21-8-9-26-15-5-3-2-4-14(15)19;/h2-7,10H,8-9H2,1H3,(H3,21,22,23,24,25);1H. The lowest BCUT2D eigenvalue weighted by Gasteiger charge is -2.11. The first-order chi connectivity index (χ1) is 12.7. The minimum atomic E-state index is 0. The van der Waals surface area contributed by atoms with E-state index < -0.39 is 0 Å². The van der Waals surface area contributed by atoms with Crippen LogP contribution in [0.5, 0.6) is 5.75 Å². The SMILES string of the molecule is Cc1cc(Nc2ccc(C#N)c(NCCOc3ccccc3Cl)n2)n[nH]1.Cl. The number of halogens is 2. The van der Waals surface area contributed by atoms with Crippen molar-refractivity contribution in [3.63, 3.8) is 0 Å². The van der Waals surface area contributed by atoms with Crippen LogP contribution >= 0.6 is 24.0 Å². The molecule has 0 fully saturated rings. The Bertz CT molecular complexity index is 938. The molecule has 0 spiro atoms. The van der Waals surface area contributed by atoms with E-state index in [1.165, 1.54) is 0 Å². The zero-order valence-electron chi connectivity index (χ0n) is 14.5. The average molecular weight is 405 g/mol. The number of para-hydroxylation sites is 1. The van der Waals surface area contributed by atoms with Crippen LogP contribution in [-0.2, 0) is 0 Å². The summed E-state index contributed by atoms with van der Waals surface area (Å²) in [4.78, 5) is 4.43. The first-order valence-corrected chi connectivity index (χ1v) is 8.35. The Morgan fingerprint density at radius 3 is 2.74 bits per heavy atom. The van der Waals surface area contributed by atoms with Crippen molar-refractivity contribution >= 4 is 41.5 Å². The second-order valence-electron chi connectivity index (χ2n) is 5.47. The van der Waals surface area contributed by atoms with Crippen LogP contribution in [0.25, 0.3) is 0 Å². The topological polar surface area (TPSA) is 98.7 Å². The number of nitrogens with zero attached hydrogens (tertiary/aromatic N) is 3. The molecule has 0 aliphatic heterocycles. The first-order valence-electron chi connectivity index (χ1n) is 7.97. The van der Waals surface area contributed by atoms with E-state index in [9.17, 15) is 5.26 Å². The van der Waals surface area contributed by atoms with Crippen LogP contribution in [0.15, 0.2) is 42.5 Å². The highest BCUT2D eigenvalue weighted by atomic mass is 35.5. The van der Waals surface area contributed by atoms with Crippen LogP contribution in [0.4, 0.5) is 17.5 Å². The number of hydrogen-bond donors (Lipinski definition) is 3. The molecular formula is C18H18Cl2N6O. The molecular weight excluding hydrogens is 387 g/mol. The van der Waals surface area contributed by atoms with Gasteiger partial charge in [0.05, 0.1) is 17.1 Å². The van der Waals surface area contributed by atoms with Gasteiger partial charge in [0.15, 0.2) is 5.82 Å². The summed E-state index contributed by atoms with van der Waals surface area (Å²) < 4.78 is 5.63. The number of hydrogen-bond acceptors (Lipinski definition) is 6. The normalized spacial score (nSPS) is 9.81. The summed E-state index contributed by atoms with van der Waals surface area (Å²) in [5.74, 6) is 2.35. The lowest BCUT2D eigenvalue weighted by atomic mass is 10.2. The number of nitrogens with one attached hydrogen (secondary N) is 3. The van der Waals surface area contributed by atoms with Crippen LogP contribution < -0.4 is 15.4 Å². The molecule has 0 amide bonds. The van der Waals surface area contributed by atoms with Crippen molar-refractivity contribution in [2.75, 3.05) is 23.8 Å². The fraction of sp³-hybridized carbons (Fsp3) is 0.167. The van der Waals surface area contributed by atoms with E-state index in [1.807, 2.05) is 25.1 Å². The molecule has 27 heavy (non-hydrogen) atoms. The van der Waals surface area contributed by atoms with Gasteiger partial charge in [0.25, 0.3) is 0 Å². The molecule has 3 N–H and O–H groups in total. The second-order valence-corrected chi connectivity index (χ2v) is 5.88. The summed E-state index contributed by atoms with van der Waals surface area (Å²) in [6.45, 7) is 2.76. The fourth-order valence-corrected chi connectivity index (χ4v) is 2.45. The summed E-state index contributed by atoms with van der Waals surface area (Å²) in [6, 6.07) is 14.7. The number of H-pyrrole nitrogens is 1. The van der Waals surface area contributed by atoms with Gasteiger partial charge < -0.3 is 15.4 Å². The summed E-state index contributed by atoms with van der Waals surface area (Å²) in [5, 5.41) is 23.0. The second kappa shape index (κ2) is 9.67. The minimum Gasteiger partial charge on any atom is -0.490 e. The van der Waals surface area contributed by atoms with Gasteiger partial charge in [0.2, 0.25) is 0 Å². The van der Waals surface area contributed by atoms with E-state index in [0.717, 1.165) is 5.69 Å². The molecule has 0 aliphatic rings. The number of ether oxygens (including phenoxy) is 1. The van der Waals surface area contributed by atoms with Crippen LogP contribution in [0.1, 0.15) is 11.3 Å². The highest BCUT2D eigenvalue weighted by Gasteiger charge is 2.07. The smallest absolute Gasteiger partial charge is 0.153 e. The van der Waals surface area contributed by atoms with Gasteiger partial charge in [-0.05, 0) is 31.2 Å². The predicted molar refractivity (Wildman–Crippen MR) is 108 cm³/mol. The fourth-order valence-electron chi connectivity index (χ4n) is 2.26. The number of benzene rings is 1. The number of aromatic nitrogens is 3. The van der Waals surface area contributed by atoms with Gasteiger partial charge in [-0.2, -0.15) is 10.4 Å². The number of rotatable bonds is 7. The lowest BCUT2D eigenvalue weighted by Crippen LogP contribution is -2.14. The van der Waals surface area contributed by atoms with Crippen molar-refractivity contribution in [1.29, 1.82) is 5.26 Å². The third-order valence-electron chi connectivity index (χ3n) is 3.47. The minimum absolute atomic E-state index is 0. The van der Waals surface area contributed by atoms with Gasteiger partial charge in [-0.25, -0.2) is 4.98 Å². The molecule has 1 aromatic carbocycles. The zero-order chi connectivity index (χ0) is 18.4. The molecule has 140 valence electrons. The Hall–Kier alpha value is -2.95. The van der Waals surface area contributed by atoms with E-state index in [0.29, 0.717) is 46.9 Å². The summed E-state index contributed by atoms with van der Waals surface area (Å²) in [5.41, 5.74) is 1.39. The third-order valence-corrected chi connectivity index (χ3v) is 3.78. The van der Waals surface area contributed by atoms with Crippen LogP contribution in [-0.4, -0.2) is 28.3 Å². The van der Waals surface area contributed by atoms with Crippen molar-refractivity contribution in [2.24, 2.45) is 0 Å². The molecule has 0 radical (unpaired) electrons. The molecule has 2 heterocycles. The number of aryl methyl sites for hydroxylation is 1. The Labute approximate surface area is 168 Å². The molecule has 7 nitrogen and oxygen atoms in total. The molecule has 0 aliphatic carbocycles. The Kier molecular flexibility index (Phi) is 7.29. The van der Waals surface area contributed by atoms with Crippen molar-refractivity contribution in [1.82, 2.24) is 15.2 Å². The average Bonchev–Trinajstić information content (AvgIpc) is 3.05. The maximum absolute atomic E-state index is 9.26. The van der Waals surface area contributed by atoms with E-state index in [1.54, 1.807) is 24.3 Å². The molecule has 3 aromatic rings. The molecule has 0 saturated carbocycles. The molecule has 0 unspecified atom stereocenters. The number of nitriles is 1. The molecule has 0 atom stereocenters. The van der Waals surface area contributed by atoms with Gasteiger partial charge in [0.1, 0.15) is 30.1 Å². The van der Waals surface area contributed by atoms with Crippen molar-refractivity contribution in [2.45, 2.75) is 6.92 Å². The Balaban J connectivity index is 0.00000261. The monoisotopic (exact) mass is 404 g/mol. The number of anilines is 3. The maximum Gasteiger partial charge on any atom is 0.153 e. The van der Waals surface area contributed by atoms with Gasteiger partial charge in [-0.3, -0.25) is 5.10 Å². The summed E-state index contributed by atoms with van der Waals surface area (Å²) in [6.07, 6.45) is 0. The first kappa shape index (κ1) is 20.4.